The smallest absolute Gasteiger partial charge is 0.414 e. The lowest BCUT2D eigenvalue weighted by Crippen LogP contribution is -2.63. The van der Waals surface area contributed by atoms with Crippen LogP contribution in [0.15, 0.2) is 0 Å². The molecule has 4 nitrogen and oxygen atoms in total. The monoisotopic (exact) mass is 618 g/mol. The van der Waals surface area contributed by atoms with Crippen LogP contribution in [0.25, 0.3) is 0 Å². The molecule has 0 saturated carbocycles. The summed E-state index contributed by atoms with van der Waals surface area (Å²) in [7, 11) is -1.46. The van der Waals surface area contributed by atoms with E-state index in [0.29, 0.717) is 10.8 Å². The Bertz CT molecular complexity index is 673. The van der Waals surface area contributed by atoms with E-state index in [0.717, 1.165) is 24.9 Å². The largest absolute Gasteiger partial charge is 0.499 e. The highest BCUT2D eigenvalue weighted by Crippen LogP contribution is 2.60. The van der Waals surface area contributed by atoms with E-state index >= 15 is 0 Å². The average Bonchev–Trinajstić information content (AvgIpc) is 2.97. The minimum atomic E-state index is -2.63. The van der Waals surface area contributed by atoms with Crippen molar-refractivity contribution in [2.45, 2.75) is 181 Å². The first-order valence-corrected chi connectivity index (χ1v) is 25.0. The third-order valence-electron chi connectivity index (χ3n) is 12.7. The molecule has 0 aliphatic rings. The van der Waals surface area contributed by atoms with E-state index in [4.69, 9.17) is 17.7 Å². The second-order valence-corrected chi connectivity index (χ2v) is 26.7. The molecule has 0 spiro atoms. The predicted octanol–water partition coefficient (Wildman–Crippen LogP) is 11.3. The third-order valence-corrected chi connectivity index (χ3v) is 25.2. The summed E-state index contributed by atoms with van der Waals surface area (Å²) in [6, 6.07) is 1.95. The van der Waals surface area contributed by atoms with Crippen LogP contribution in [0.5, 0.6) is 0 Å². The molecule has 0 aromatic rings. The maximum Gasteiger partial charge on any atom is 0.499 e. The van der Waals surface area contributed by atoms with E-state index in [1.165, 1.54) is 57.8 Å². The van der Waals surface area contributed by atoms with Gasteiger partial charge in [0.1, 0.15) is 0 Å². The van der Waals surface area contributed by atoms with Gasteiger partial charge in [-0.2, -0.15) is 0 Å². The second-order valence-electron chi connectivity index (χ2n) is 14.1. The summed E-state index contributed by atoms with van der Waals surface area (Å²) in [5.41, 5.74) is 0.827. The van der Waals surface area contributed by atoms with Crippen LogP contribution in [0, 0.1) is 10.8 Å². The third kappa shape index (κ3) is 8.56. The molecule has 0 rings (SSSR count). The molecule has 0 N–H and O–H groups in total. The Kier molecular flexibility index (Phi) is 16.7. The Morgan fingerprint density at radius 3 is 1.18 bits per heavy atom. The summed E-state index contributed by atoms with van der Waals surface area (Å²) in [5.74, 6) is 0. The zero-order valence-corrected chi connectivity index (χ0v) is 33.3. The normalized spacial score (nSPS) is 14.7. The fourth-order valence-corrected chi connectivity index (χ4v) is 21.4. The minimum absolute atomic E-state index is 0.0607. The SMILES string of the molecule is CCC(CC)(CC)CC(CC)(CC)CC(CC)(CC)[Si](C)(C)OC(CC)(CC)[Si](C)(C)CC[Si](OC)(OC)OC. The second kappa shape index (κ2) is 16.5. The molecular weight excluding hydrogens is 545 g/mol. The molecule has 7 heteroatoms. The van der Waals surface area contributed by atoms with Crippen LogP contribution in [-0.2, 0) is 17.7 Å². The van der Waals surface area contributed by atoms with E-state index in [1.54, 1.807) is 21.3 Å². The zero-order valence-electron chi connectivity index (χ0n) is 30.3. The van der Waals surface area contributed by atoms with E-state index in [-0.39, 0.29) is 10.3 Å². The van der Waals surface area contributed by atoms with Crippen LogP contribution in [0.4, 0.5) is 0 Å². The van der Waals surface area contributed by atoms with Gasteiger partial charge in [0, 0.05) is 32.6 Å². The summed E-state index contributed by atoms with van der Waals surface area (Å²) < 4.78 is 25.3. The van der Waals surface area contributed by atoms with E-state index in [1.807, 2.05) is 0 Å². The summed E-state index contributed by atoms with van der Waals surface area (Å²) >= 11 is 0. The highest BCUT2D eigenvalue weighted by molar-refractivity contribution is 6.83. The molecule has 0 bridgehead atoms. The molecule has 0 fully saturated rings. The van der Waals surface area contributed by atoms with Crippen molar-refractivity contribution < 1.29 is 17.7 Å². The van der Waals surface area contributed by atoms with Gasteiger partial charge in [-0.05, 0) is 54.6 Å². The van der Waals surface area contributed by atoms with Gasteiger partial charge in [-0.25, -0.2) is 0 Å². The Labute approximate surface area is 256 Å². The first-order valence-electron chi connectivity index (χ1n) is 16.9. The van der Waals surface area contributed by atoms with Gasteiger partial charge in [-0.3, -0.25) is 0 Å². The average molecular weight is 619 g/mol. The molecule has 0 aromatic carbocycles. The van der Waals surface area contributed by atoms with Crippen molar-refractivity contribution in [1.82, 2.24) is 0 Å². The van der Waals surface area contributed by atoms with Crippen molar-refractivity contribution >= 4 is 25.2 Å². The summed E-state index contributed by atoms with van der Waals surface area (Å²) in [6.45, 7) is 32.1. The van der Waals surface area contributed by atoms with E-state index in [9.17, 15) is 0 Å². The van der Waals surface area contributed by atoms with Crippen LogP contribution in [0.2, 0.25) is 43.3 Å². The van der Waals surface area contributed by atoms with Crippen LogP contribution in [0.3, 0.4) is 0 Å². The molecular formula is C33H74O4Si3. The van der Waals surface area contributed by atoms with Gasteiger partial charge in [0.2, 0.25) is 0 Å². The highest BCUT2D eigenvalue weighted by atomic mass is 28.4. The fourth-order valence-electron chi connectivity index (χ4n) is 8.35. The van der Waals surface area contributed by atoms with E-state index in [2.05, 4.69) is 88.5 Å². The van der Waals surface area contributed by atoms with Crippen molar-refractivity contribution in [3.8, 4) is 0 Å². The maximum absolute atomic E-state index is 7.84. The molecule has 0 aliphatic carbocycles. The molecule has 0 heterocycles. The Morgan fingerprint density at radius 2 is 0.875 bits per heavy atom. The van der Waals surface area contributed by atoms with Gasteiger partial charge in [0.25, 0.3) is 0 Å². The summed E-state index contributed by atoms with van der Waals surface area (Å²) in [5, 5.41) is 0.193. The van der Waals surface area contributed by atoms with Gasteiger partial charge in [-0.1, -0.05) is 126 Å². The quantitative estimate of drug-likeness (QED) is 0.107. The standard InChI is InChI=1S/C33H74O4Si3/c1-17-30(18-2,19-3)28-31(20-4,21-5)29-32(22-6,23-7)39(15,16)37-33(24-8,25-9)38(13,14)26-27-40(34-10,35-11)36-12/h17-29H2,1-16H3. The van der Waals surface area contributed by atoms with Gasteiger partial charge in [-0.15, -0.1) is 0 Å². The van der Waals surface area contributed by atoms with Crippen molar-refractivity contribution in [3.63, 3.8) is 0 Å². The Hall–Kier alpha value is 0.491. The first kappa shape index (κ1) is 40.5. The molecule has 242 valence electrons. The highest BCUT2D eigenvalue weighted by Gasteiger charge is 2.57. The van der Waals surface area contributed by atoms with Crippen molar-refractivity contribution in [3.05, 3.63) is 0 Å². The fraction of sp³-hybridized carbons (Fsp3) is 1.00. The van der Waals surface area contributed by atoms with Crippen LogP contribution in [-0.4, -0.2) is 51.7 Å². The lowest BCUT2D eigenvalue weighted by Gasteiger charge is -2.57. The van der Waals surface area contributed by atoms with Crippen molar-refractivity contribution in [2.75, 3.05) is 21.3 Å². The van der Waals surface area contributed by atoms with Gasteiger partial charge < -0.3 is 17.7 Å². The van der Waals surface area contributed by atoms with Crippen molar-refractivity contribution in [2.24, 2.45) is 10.8 Å². The summed E-state index contributed by atoms with van der Waals surface area (Å²) in [4.78, 5) is 0. The topological polar surface area (TPSA) is 36.9 Å². The lowest BCUT2D eigenvalue weighted by atomic mass is 9.61. The molecule has 0 saturated heterocycles. The number of hydrogen-bond donors (Lipinski definition) is 0. The number of rotatable bonds is 23. The van der Waals surface area contributed by atoms with Gasteiger partial charge in [0.15, 0.2) is 8.32 Å². The Balaban J connectivity index is 6.65. The number of hydrogen-bond acceptors (Lipinski definition) is 4. The molecule has 0 amide bonds. The lowest BCUT2D eigenvalue weighted by molar-refractivity contribution is 0.0617. The zero-order chi connectivity index (χ0) is 31.5. The molecule has 40 heavy (non-hydrogen) atoms. The first-order chi connectivity index (χ1) is 18.6. The van der Waals surface area contributed by atoms with Crippen LogP contribution < -0.4 is 0 Å². The van der Waals surface area contributed by atoms with Gasteiger partial charge in [0.05, 0.1) is 8.07 Å². The van der Waals surface area contributed by atoms with Crippen LogP contribution in [0.1, 0.15) is 133 Å². The Morgan fingerprint density at radius 1 is 0.475 bits per heavy atom. The molecule has 0 atom stereocenters. The molecule has 0 aliphatic heterocycles. The molecule has 0 aromatic heterocycles. The van der Waals surface area contributed by atoms with E-state index < -0.39 is 25.2 Å². The van der Waals surface area contributed by atoms with Gasteiger partial charge >= 0.3 is 8.80 Å². The summed E-state index contributed by atoms with van der Waals surface area (Å²) in [6.07, 6.45) is 13.6. The van der Waals surface area contributed by atoms with Crippen molar-refractivity contribution in [1.29, 1.82) is 0 Å². The molecule has 0 unspecified atom stereocenters. The minimum Gasteiger partial charge on any atom is -0.414 e. The predicted molar refractivity (Wildman–Crippen MR) is 185 cm³/mol. The maximum atomic E-state index is 7.84. The molecule has 0 radical (unpaired) electrons. The van der Waals surface area contributed by atoms with Crippen LogP contribution >= 0.6 is 0 Å².